The number of benzene rings is 1. The van der Waals surface area contributed by atoms with Crippen molar-refractivity contribution in [3.8, 4) is 0 Å². The van der Waals surface area contributed by atoms with Crippen molar-refractivity contribution in [3.05, 3.63) is 50.6 Å². The molecule has 1 saturated heterocycles. The van der Waals surface area contributed by atoms with Gasteiger partial charge < -0.3 is 9.80 Å². The molecule has 0 bridgehead atoms. The van der Waals surface area contributed by atoms with Crippen LogP contribution in [0.25, 0.3) is 22.4 Å². The first-order chi connectivity index (χ1) is 14.7. The summed E-state index contributed by atoms with van der Waals surface area (Å²) in [5.41, 5.74) is 2.68. The van der Waals surface area contributed by atoms with Crippen molar-refractivity contribution in [2.75, 3.05) is 38.1 Å². The van der Waals surface area contributed by atoms with Crippen LogP contribution in [0.1, 0.15) is 41.1 Å². The third-order valence-electron chi connectivity index (χ3n) is 6.13. The van der Waals surface area contributed by atoms with Crippen LogP contribution >= 0.6 is 27.3 Å². The average molecular weight is 483 g/mol. The molecule has 2 aliphatic rings. The van der Waals surface area contributed by atoms with E-state index >= 15 is 0 Å². The highest BCUT2D eigenvalue weighted by atomic mass is 79.9. The lowest BCUT2D eigenvalue weighted by Gasteiger charge is -2.23. The van der Waals surface area contributed by atoms with Gasteiger partial charge in [-0.1, -0.05) is 34.1 Å². The molecule has 1 aliphatic heterocycles. The van der Waals surface area contributed by atoms with Crippen LogP contribution in [-0.2, 0) is 12.8 Å². The second-order valence-electron chi connectivity index (χ2n) is 8.33. The minimum absolute atomic E-state index is 0.816. The molecule has 0 radical (unpaired) electrons. The van der Waals surface area contributed by atoms with E-state index in [1.165, 1.54) is 52.8 Å². The van der Waals surface area contributed by atoms with Gasteiger partial charge in [-0.05, 0) is 75.0 Å². The van der Waals surface area contributed by atoms with Gasteiger partial charge >= 0.3 is 0 Å². The maximum Gasteiger partial charge on any atom is 0.155 e. The van der Waals surface area contributed by atoms with E-state index < -0.39 is 0 Å². The lowest BCUT2D eigenvalue weighted by molar-refractivity contribution is 0.360. The second-order valence-corrected chi connectivity index (χ2v) is 10.3. The summed E-state index contributed by atoms with van der Waals surface area (Å²) in [4.78, 5) is 17.7. The first-order valence-corrected chi connectivity index (χ1v) is 12.5. The minimum atomic E-state index is 0.816. The summed E-state index contributed by atoms with van der Waals surface area (Å²) in [7, 11) is 2.22. The molecule has 0 unspecified atom stereocenters. The van der Waals surface area contributed by atoms with Gasteiger partial charge in [-0.3, -0.25) is 0 Å². The Morgan fingerprint density at radius 1 is 0.933 bits per heavy atom. The van der Waals surface area contributed by atoms with Crippen LogP contribution in [0.2, 0.25) is 0 Å². The summed E-state index contributed by atoms with van der Waals surface area (Å²) in [5.74, 6) is 1.97. The van der Waals surface area contributed by atoms with Gasteiger partial charge in [0.05, 0.1) is 5.39 Å². The molecular weight excluding hydrogens is 456 g/mol. The number of thiophene rings is 1. The molecule has 1 fully saturated rings. The van der Waals surface area contributed by atoms with Crippen LogP contribution in [0.4, 0.5) is 5.82 Å². The van der Waals surface area contributed by atoms with Gasteiger partial charge in [0.1, 0.15) is 10.6 Å². The van der Waals surface area contributed by atoms with E-state index in [9.17, 15) is 0 Å². The monoisotopic (exact) mass is 482 g/mol. The second kappa shape index (κ2) is 8.77. The molecule has 3 aromatic rings. The summed E-state index contributed by atoms with van der Waals surface area (Å²) in [6.07, 6.45) is 10.3. The highest BCUT2D eigenvalue weighted by Gasteiger charge is 2.24. The first kappa shape index (κ1) is 20.2. The number of likely N-dealkylation sites (N-methyl/N-ethyl adjacent to an activating group) is 1. The molecule has 3 heterocycles. The predicted molar refractivity (Wildman–Crippen MR) is 131 cm³/mol. The van der Waals surface area contributed by atoms with Crippen LogP contribution < -0.4 is 4.90 Å². The SMILES string of the molecule is CN1CCCN(c2nc(C=Cc3ccc(Br)cc3)nc3sc4c(c23)CCCC4)CC1. The van der Waals surface area contributed by atoms with Gasteiger partial charge in [-0.2, -0.15) is 0 Å². The molecule has 0 atom stereocenters. The zero-order valence-corrected chi connectivity index (χ0v) is 19.8. The molecule has 4 nitrogen and oxygen atoms in total. The fourth-order valence-corrected chi connectivity index (χ4v) is 5.99. The number of fused-ring (bicyclic) bond motifs is 3. The van der Waals surface area contributed by atoms with Gasteiger partial charge in [0, 0.05) is 29.0 Å². The maximum atomic E-state index is 5.11. The van der Waals surface area contributed by atoms with Crippen LogP contribution in [0.3, 0.4) is 0 Å². The third kappa shape index (κ3) is 4.18. The normalized spacial score (nSPS) is 18.1. The van der Waals surface area contributed by atoms with Gasteiger partial charge in [0.25, 0.3) is 0 Å². The predicted octanol–water partition coefficient (Wildman–Crippen LogP) is 5.64. The molecule has 156 valence electrons. The molecule has 0 N–H and O–H groups in total. The largest absolute Gasteiger partial charge is 0.355 e. The summed E-state index contributed by atoms with van der Waals surface area (Å²) < 4.78 is 1.09. The van der Waals surface area contributed by atoms with Crippen LogP contribution in [0, 0.1) is 0 Å². The lowest BCUT2D eigenvalue weighted by atomic mass is 9.97. The standard InChI is InChI=1S/C24H27BrN4S/c1-28-13-4-14-29(16-15-28)23-22-19-5-2-3-6-20(19)30-24(22)27-21(26-23)12-9-17-7-10-18(25)11-8-17/h7-12H,2-6,13-16H2,1H3. The van der Waals surface area contributed by atoms with E-state index in [0.29, 0.717) is 0 Å². The van der Waals surface area contributed by atoms with Gasteiger partial charge in [-0.25, -0.2) is 9.97 Å². The molecule has 30 heavy (non-hydrogen) atoms. The fourth-order valence-electron chi connectivity index (χ4n) is 4.46. The maximum absolute atomic E-state index is 5.11. The molecule has 5 rings (SSSR count). The Kier molecular flexibility index (Phi) is 5.89. The summed E-state index contributed by atoms with van der Waals surface area (Å²) >= 11 is 5.40. The molecule has 1 aliphatic carbocycles. The van der Waals surface area contributed by atoms with E-state index in [-0.39, 0.29) is 0 Å². The Hall–Kier alpha value is -1.76. The molecule has 1 aromatic carbocycles. The molecule has 6 heteroatoms. The van der Waals surface area contributed by atoms with Crippen molar-refractivity contribution in [1.82, 2.24) is 14.9 Å². The lowest BCUT2D eigenvalue weighted by Crippen LogP contribution is -2.29. The zero-order valence-electron chi connectivity index (χ0n) is 17.4. The van der Waals surface area contributed by atoms with Crippen molar-refractivity contribution in [3.63, 3.8) is 0 Å². The highest BCUT2D eigenvalue weighted by Crippen LogP contribution is 2.40. The Morgan fingerprint density at radius 2 is 1.77 bits per heavy atom. The van der Waals surface area contributed by atoms with Crippen molar-refractivity contribution >= 4 is 55.5 Å². The van der Waals surface area contributed by atoms with Gasteiger partial charge in [0.15, 0.2) is 5.82 Å². The number of hydrogen-bond donors (Lipinski definition) is 0. The van der Waals surface area contributed by atoms with Crippen molar-refractivity contribution < 1.29 is 0 Å². The van der Waals surface area contributed by atoms with E-state index in [1.54, 1.807) is 0 Å². The average Bonchev–Trinajstić information content (AvgIpc) is 2.99. The Bertz CT molecular complexity index is 1070. The van der Waals surface area contributed by atoms with E-state index in [4.69, 9.17) is 9.97 Å². The number of nitrogens with zero attached hydrogens (tertiary/aromatic N) is 4. The smallest absolute Gasteiger partial charge is 0.155 e. The summed E-state index contributed by atoms with van der Waals surface area (Å²) in [6.45, 7) is 4.34. The summed E-state index contributed by atoms with van der Waals surface area (Å²) in [6, 6.07) is 8.34. The third-order valence-corrected chi connectivity index (χ3v) is 7.84. The van der Waals surface area contributed by atoms with E-state index in [0.717, 1.165) is 47.9 Å². The number of rotatable bonds is 3. The summed E-state index contributed by atoms with van der Waals surface area (Å²) in [5, 5.41) is 1.33. The molecule has 0 spiro atoms. The topological polar surface area (TPSA) is 32.3 Å². The van der Waals surface area contributed by atoms with E-state index in [1.807, 2.05) is 11.3 Å². The van der Waals surface area contributed by atoms with Gasteiger partial charge in [-0.15, -0.1) is 11.3 Å². The number of anilines is 1. The van der Waals surface area contributed by atoms with Crippen molar-refractivity contribution in [1.29, 1.82) is 0 Å². The minimum Gasteiger partial charge on any atom is -0.355 e. The molecule has 2 aromatic heterocycles. The van der Waals surface area contributed by atoms with Crippen LogP contribution in [0.15, 0.2) is 28.7 Å². The molecule has 0 amide bonds. The number of aryl methyl sites for hydroxylation is 2. The quantitative estimate of drug-likeness (QED) is 0.482. The number of aromatic nitrogens is 2. The van der Waals surface area contributed by atoms with Crippen molar-refractivity contribution in [2.45, 2.75) is 32.1 Å². The van der Waals surface area contributed by atoms with Crippen LogP contribution in [-0.4, -0.2) is 48.1 Å². The molecule has 0 saturated carbocycles. The molecular formula is C24H27BrN4S. The zero-order chi connectivity index (χ0) is 20.5. The first-order valence-electron chi connectivity index (χ1n) is 10.9. The Labute approximate surface area is 190 Å². The Balaban J connectivity index is 1.58. The van der Waals surface area contributed by atoms with Crippen molar-refractivity contribution in [2.24, 2.45) is 0 Å². The Morgan fingerprint density at radius 3 is 2.63 bits per heavy atom. The van der Waals surface area contributed by atoms with Crippen LogP contribution in [0.5, 0.6) is 0 Å². The van der Waals surface area contributed by atoms with E-state index in [2.05, 4.69) is 69.2 Å². The number of halogens is 1. The van der Waals surface area contributed by atoms with Gasteiger partial charge in [0.2, 0.25) is 0 Å². The highest BCUT2D eigenvalue weighted by molar-refractivity contribution is 9.10. The number of hydrogen-bond acceptors (Lipinski definition) is 5. The fraction of sp³-hybridized carbons (Fsp3) is 0.417.